The maximum atomic E-state index is 13.3. The van der Waals surface area contributed by atoms with Crippen LogP contribution in [0.3, 0.4) is 0 Å². The molecule has 1 rings (SSSR count). The molecule has 1 amide bonds. The van der Waals surface area contributed by atoms with Crippen LogP contribution >= 0.6 is 11.8 Å². The van der Waals surface area contributed by atoms with E-state index in [-0.39, 0.29) is 18.9 Å². The molecule has 6 heteroatoms. The number of carbonyl (C=O) groups is 1. The van der Waals surface area contributed by atoms with Gasteiger partial charge >= 0.3 is 0 Å². The van der Waals surface area contributed by atoms with Gasteiger partial charge in [-0.1, -0.05) is 12.1 Å². The van der Waals surface area contributed by atoms with Crippen molar-refractivity contribution in [2.75, 3.05) is 25.2 Å². The molecular formula is C14H20FNO3S. The molecule has 0 radical (unpaired) electrons. The van der Waals surface area contributed by atoms with Crippen LogP contribution in [0.15, 0.2) is 24.3 Å². The fourth-order valence-electron chi connectivity index (χ4n) is 1.46. The first-order valence-corrected chi connectivity index (χ1v) is 7.69. The second-order valence-electron chi connectivity index (χ2n) is 4.74. The number of benzene rings is 1. The fraction of sp³-hybridized carbons (Fsp3) is 0.500. The highest BCUT2D eigenvalue weighted by atomic mass is 32.2. The van der Waals surface area contributed by atoms with Crippen molar-refractivity contribution >= 4 is 17.7 Å². The van der Waals surface area contributed by atoms with E-state index in [2.05, 4.69) is 5.32 Å². The van der Waals surface area contributed by atoms with Gasteiger partial charge in [0.05, 0.1) is 5.60 Å². The Morgan fingerprint density at radius 2 is 2.20 bits per heavy atom. The lowest BCUT2D eigenvalue weighted by atomic mass is 10.0. The Morgan fingerprint density at radius 3 is 2.85 bits per heavy atom. The topological polar surface area (TPSA) is 58.6 Å². The molecule has 0 aromatic heterocycles. The number of ether oxygens (including phenoxy) is 1. The summed E-state index contributed by atoms with van der Waals surface area (Å²) in [6.07, 6.45) is 2.54. The largest absolute Gasteiger partial charge is 0.481 e. The van der Waals surface area contributed by atoms with Crippen molar-refractivity contribution in [1.29, 1.82) is 0 Å². The smallest absolute Gasteiger partial charge is 0.258 e. The van der Waals surface area contributed by atoms with Gasteiger partial charge in [-0.3, -0.25) is 4.79 Å². The van der Waals surface area contributed by atoms with Crippen LogP contribution in [0.4, 0.5) is 4.39 Å². The number of nitrogens with one attached hydrogen (secondary N) is 1. The Morgan fingerprint density at radius 1 is 1.50 bits per heavy atom. The van der Waals surface area contributed by atoms with Gasteiger partial charge in [-0.05, 0) is 37.5 Å². The van der Waals surface area contributed by atoms with Crippen molar-refractivity contribution in [1.82, 2.24) is 5.32 Å². The van der Waals surface area contributed by atoms with Gasteiger partial charge in [0.2, 0.25) is 0 Å². The summed E-state index contributed by atoms with van der Waals surface area (Å²) in [7, 11) is 0. The Labute approximate surface area is 122 Å². The molecule has 112 valence electrons. The van der Waals surface area contributed by atoms with E-state index in [0.29, 0.717) is 6.42 Å². The van der Waals surface area contributed by atoms with Gasteiger partial charge in [-0.2, -0.15) is 11.8 Å². The first kappa shape index (κ1) is 16.8. The fourth-order valence-corrected chi connectivity index (χ4v) is 2.10. The third-order valence-electron chi connectivity index (χ3n) is 2.71. The highest BCUT2D eigenvalue weighted by molar-refractivity contribution is 7.98. The van der Waals surface area contributed by atoms with E-state index in [9.17, 15) is 14.3 Å². The minimum atomic E-state index is -0.948. The number of amides is 1. The van der Waals surface area contributed by atoms with Crippen LogP contribution in [-0.2, 0) is 4.79 Å². The average Bonchev–Trinajstić information content (AvgIpc) is 2.42. The molecule has 1 unspecified atom stereocenters. The molecular weight excluding hydrogens is 281 g/mol. The molecule has 0 fully saturated rings. The van der Waals surface area contributed by atoms with Crippen molar-refractivity contribution in [2.24, 2.45) is 0 Å². The standard InChI is InChI=1S/C14H20FNO3S/c1-14(18,7-8-20-2)10-16-13(17)9-19-12-6-4-3-5-11(12)15/h3-6,18H,7-10H2,1-2H3,(H,16,17). The lowest BCUT2D eigenvalue weighted by Gasteiger charge is -2.23. The van der Waals surface area contributed by atoms with E-state index in [4.69, 9.17) is 4.74 Å². The summed E-state index contributed by atoms with van der Waals surface area (Å²) in [5.74, 6) is -0.0454. The molecule has 0 aliphatic heterocycles. The van der Waals surface area contributed by atoms with Crippen LogP contribution in [0.2, 0.25) is 0 Å². The summed E-state index contributed by atoms with van der Waals surface area (Å²) in [6, 6.07) is 5.90. The third kappa shape index (κ3) is 6.25. The van der Waals surface area contributed by atoms with Crippen LogP contribution < -0.4 is 10.1 Å². The van der Waals surface area contributed by atoms with E-state index >= 15 is 0 Å². The van der Waals surface area contributed by atoms with Crippen LogP contribution in [0.1, 0.15) is 13.3 Å². The predicted molar refractivity (Wildman–Crippen MR) is 78.5 cm³/mol. The Balaban J connectivity index is 2.32. The minimum absolute atomic E-state index is 0.0387. The molecule has 1 atom stereocenters. The van der Waals surface area contributed by atoms with Gasteiger partial charge in [0.1, 0.15) is 0 Å². The Hall–Kier alpha value is -1.27. The minimum Gasteiger partial charge on any atom is -0.481 e. The van der Waals surface area contributed by atoms with Crippen molar-refractivity contribution in [3.05, 3.63) is 30.1 Å². The molecule has 0 spiro atoms. The number of thioether (sulfide) groups is 1. The first-order valence-electron chi connectivity index (χ1n) is 6.30. The third-order valence-corrected chi connectivity index (χ3v) is 3.32. The Bertz CT molecular complexity index is 440. The number of para-hydroxylation sites is 1. The molecule has 4 nitrogen and oxygen atoms in total. The van der Waals surface area contributed by atoms with Crippen molar-refractivity contribution in [3.8, 4) is 5.75 Å². The summed E-state index contributed by atoms with van der Waals surface area (Å²) in [6.45, 7) is 1.54. The van der Waals surface area contributed by atoms with Crippen molar-refractivity contribution < 1.29 is 19.0 Å². The zero-order valence-electron chi connectivity index (χ0n) is 11.7. The second kappa shape index (κ2) is 8.11. The monoisotopic (exact) mass is 301 g/mol. The molecule has 0 bridgehead atoms. The van der Waals surface area contributed by atoms with Crippen LogP contribution in [0, 0.1) is 5.82 Å². The van der Waals surface area contributed by atoms with Gasteiger partial charge in [-0.25, -0.2) is 4.39 Å². The summed E-state index contributed by atoms with van der Waals surface area (Å²) < 4.78 is 18.3. The molecule has 1 aromatic rings. The molecule has 20 heavy (non-hydrogen) atoms. The van der Waals surface area contributed by atoms with E-state index < -0.39 is 17.3 Å². The summed E-state index contributed by atoms with van der Waals surface area (Å²) in [4.78, 5) is 11.6. The lowest BCUT2D eigenvalue weighted by Crippen LogP contribution is -2.42. The molecule has 0 aliphatic carbocycles. The van der Waals surface area contributed by atoms with E-state index in [1.807, 2.05) is 6.26 Å². The quantitative estimate of drug-likeness (QED) is 0.769. The molecule has 0 saturated heterocycles. The highest BCUT2D eigenvalue weighted by Gasteiger charge is 2.20. The number of halogens is 1. The SMILES string of the molecule is CSCCC(C)(O)CNC(=O)COc1ccccc1F. The number of hydrogen-bond donors (Lipinski definition) is 2. The van der Waals surface area contributed by atoms with Crippen molar-refractivity contribution in [3.63, 3.8) is 0 Å². The van der Waals surface area contributed by atoms with Crippen LogP contribution in [0.25, 0.3) is 0 Å². The summed E-state index contributed by atoms with van der Waals surface area (Å²) >= 11 is 1.63. The molecule has 1 aromatic carbocycles. The summed E-state index contributed by atoms with van der Waals surface area (Å²) in [5, 5.41) is 12.6. The van der Waals surface area contributed by atoms with Gasteiger partial charge in [-0.15, -0.1) is 0 Å². The van der Waals surface area contributed by atoms with Gasteiger partial charge in [0, 0.05) is 6.54 Å². The zero-order valence-corrected chi connectivity index (χ0v) is 12.5. The maximum Gasteiger partial charge on any atom is 0.258 e. The van der Waals surface area contributed by atoms with E-state index in [1.54, 1.807) is 30.8 Å². The Kier molecular flexibility index (Phi) is 6.81. The number of aliphatic hydroxyl groups is 1. The normalized spacial score (nSPS) is 13.6. The lowest BCUT2D eigenvalue weighted by molar-refractivity contribution is -0.124. The molecule has 2 N–H and O–H groups in total. The maximum absolute atomic E-state index is 13.3. The first-order chi connectivity index (χ1) is 9.44. The molecule has 0 saturated carbocycles. The number of rotatable bonds is 8. The molecule has 0 aliphatic rings. The van der Waals surface area contributed by atoms with Gasteiger partial charge < -0.3 is 15.2 Å². The van der Waals surface area contributed by atoms with Gasteiger partial charge in [0.15, 0.2) is 18.2 Å². The van der Waals surface area contributed by atoms with Gasteiger partial charge in [0.25, 0.3) is 5.91 Å². The van der Waals surface area contributed by atoms with Crippen LogP contribution in [0.5, 0.6) is 5.75 Å². The highest BCUT2D eigenvalue weighted by Crippen LogP contribution is 2.15. The van der Waals surface area contributed by atoms with Crippen molar-refractivity contribution in [2.45, 2.75) is 18.9 Å². The number of hydrogen-bond acceptors (Lipinski definition) is 4. The zero-order chi connectivity index (χ0) is 15.0. The van der Waals surface area contributed by atoms with Crippen LogP contribution in [-0.4, -0.2) is 41.8 Å². The van der Waals surface area contributed by atoms with E-state index in [0.717, 1.165) is 5.75 Å². The number of carbonyl (C=O) groups excluding carboxylic acids is 1. The average molecular weight is 301 g/mol. The summed E-state index contributed by atoms with van der Waals surface area (Å²) in [5.41, 5.74) is -0.948. The second-order valence-corrected chi connectivity index (χ2v) is 5.72. The molecule has 0 heterocycles. The van der Waals surface area contributed by atoms with E-state index in [1.165, 1.54) is 12.1 Å². The predicted octanol–water partition coefficient (Wildman–Crippen LogP) is 1.82.